The number of nitrogens with one attached hydrogen (secondary N) is 2. The maximum Gasteiger partial charge on any atom is 0.261 e. The van der Waals surface area contributed by atoms with E-state index in [1.807, 2.05) is 43.2 Å². The molecule has 3 fully saturated rings. The Balaban J connectivity index is 1.16. The fourth-order valence-corrected chi connectivity index (χ4v) is 8.89. The molecule has 0 radical (unpaired) electrons. The molecule has 2 aliphatic heterocycles. The molecule has 3 aromatic heterocycles. The molecular weight excluding hydrogens is 712 g/mol. The van der Waals surface area contributed by atoms with Crippen LogP contribution in [0.5, 0.6) is 0 Å². The number of hydrogen-bond donors (Lipinski definition) is 2. The van der Waals surface area contributed by atoms with Crippen LogP contribution in [-0.4, -0.2) is 72.9 Å². The van der Waals surface area contributed by atoms with Crippen molar-refractivity contribution >= 4 is 40.0 Å². The SMILES string of the molecule is Cc1c(C(=O)NC2(C(F)F)CC2)cc(Nc2nc(-c3cnc4c(c3)N(C3CC(C)(N5CCCC(C)C5)C3)C(=O)C4(C)C)cc3ncn(C(C)C)c23)c(F)c1F. The van der Waals surface area contributed by atoms with Crippen molar-refractivity contribution in [1.82, 2.24) is 29.7 Å². The van der Waals surface area contributed by atoms with Crippen molar-refractivity contribution in [3.05, 3.63) is 59.2 Å². The van der Waals surface area contributed by atoms with Gasteiger partial charge in [0.15, 0.2) is 17.5 Å². The molecule has 8 rings (SSSR count). The fraction of sp³-hybridized carbons (Fsp3) is 0.537. The van der Waals surface area contributed by atoms with Gasteiger partial charge in [0, 0.05) is 47.1 Å². The summed E-state index contributed by atoms with van der Waals surface area (Å²) in [6, 6.07) is 4.77. The average Bonchev–Trinajstić information content (AvgIpc) is 3.73. The summed E-state index contributed by atoms with van der Waals surface area (Å²) < 4.78 is 60.3. The number of hydrogen-bond acceptors (Lipinski definition) is 7. The van der Waals surface area contributed by atoms with Crippen molar-refractivity contribution in [3.63, 3.8) is 0 Å². The van der Waals surface area contributed by atoms with E-state index in [0.717, 1.165) is 37.7 Å². The van der Waals surface area contributed by atoms with Crippen LogP contribution in [0.4, 0.5) is 34.8 Å². The number of benzene rings is 1. The van der Waals surface area contributed by atoms with Gasteiger partial charge in [-0.05, 0) is 111 Å². The smallest absolute Gasteiger partial charge is 0.261 e. The number of likely N-dealkylation sites (tertiary alicyclic amines) is 1. The van der Waals surface area contributed by atoms with Crippen molar-refractivity contribution in [2.24, 2.45) is 5.92 Å². The summed E-state index contributed by atoms with van der Waals surface area (Å²) in [7, 11) is 0. The van der Waals surface area contributed by atoms with E-state index < -0.39 is 34.9 Å². The molecule has 2 amide bonds. The average molecular weight is 761 g/mol. The zero-order valence-electron chi connectivity index (χ0n) is 32.4. The molecule has 14 heteroatoms. The molecule has 1 unspecified atom stereocenters. The van der Waals surface area contributed by atoms with Gasteiger partial charge in [-0.3, -0.25) is 19.5 Å². The van der Waals surface area contributed by atoms with E-state index in [1.165, 1.54) is 19.8 Å². The van der Waals surface area contributed by atoms with E-state index in [0.29, 0.717) is 33.9 Å². The number of carbonyl (C=O) groups excluding carboxylic acids is 2. The number of aromatic nitrogens is 4. The van der Waals surface area contributed by atoms with Gasteiger partial charge in [-0.2, -0.15) is 0 Å². The van der Waals surface area contributed by atoms with Crippen LogP contribution >= 0.6 is 0 Å². The molecule has 1 saturated heterocycles. The number of rotatable bonds is 9. The van der Waals surface area contributed by atoms with Gasteiger partial charge < -0.3 is 20.1 Å². The van der Waals surface area contributed by atoms with Crippen LogP contribution in [0.3, 0.4) is 0 Å². The van der Waals surface area contributed by atoms with Crippen LogP contribution in [0.1, 0.15) is 108 Å². The highest BCUT2D eigenvalue weighted by molar-refractivity contribution is 6.08. The molecule has 2 N–H and O–H groups in total. The Kier molecular flexibility index (Phi) is 8.82. The van der Waals surface area contributed by atoms with E-state index in [4.69, 9.17) is 9.97 Å². The first-order valence-electron chi connectivity index (χ1n) is 19.3. The van der Waals surface area contributed by atoms with Crippen LogP contribution in [0.15, 0.2) is 30.7 Å². The van der Waals surface area contributed by atoms with Gasteiger partial charge in [-0.1, -0.05) is 6.92 Å². The monoisotopic (exact) mass is 760 g/mol. The van der Waals surface area contributed by atoms with Crippen LogP contribution in [0.25, 0.3) is 22.3 Å². The normalized spacial score (nSPS) is 24.4. The number of imidazole rings is 1. The van der Waals surface area contributed by atoms with E-state index in [1.54, 1.807) is 18.6 Å². The lowest BCUT2D eigenvalue weighted by Crippen LogP contribution is -2.64. The predicted molar refractivity (Wildman–Crippen MR) is 203 cm³/mol. The van der Waals surface area contributed by atoms with Gasteiger partial charge in [0.05, 0.1) is 40.0 Å². The maximum absolute atomic E-state index is 15.7. The third-order valence-corrected chi connectivity index (χ3v) is 12.5. The van der Waals surface area contributed by atoms with Crippen molar-refractivity contribution in [3.8, 4) is 11.3 Å². The molecule has 4 aliphatic rings. The number of alkyl halides is 2. The van der Waals surface area contributed by atoms with Gasteiger partial charge in [-0.25, -0.2) is 27.5 Å². The molecule has 0 spiro atoms. The minimum Gasteiger partial charge on any atom is -0.341 e. The summed E-state index contributed by atoms with van der Waals surface area (Å²) in [5.41, 5.74) is 0.0337. The quantitative estimate of drug-likeness (QED) is 0.166. The van der Waals surface area contributed by atoms with Crippen molar-refractivity contribution in [2.45, 2.75) is 122 Å². The molecule has 2 saturated carbocycles. The molecule has 55 heavy (non-hydrogen) atoms. The van der Waals surface area contributed by atoms with E-state index in [-0.39, 0.29) is 59.0 Å². The molecule has 292 valence electrons. The molecule has 1 atom stereocenters. The third kappa shape index (κ3) is 6.06. The Morgan fingerprint density at radius 3 is 2.42 bits per heavy atom. The summed E-state index contributed by atoms with van der Waals surface area (Å²) in [5, 5.41) is 5.27. The van der Waals surface area contributed by atoms with Gasteiger partial charge in [0.2, 0.25) is 5.91 Å². The Morgan fingerprint density at radius 1 is 1.04 bits per heavy atom. The lowest BCUT2D eigenvalue weighted by atomic mass is 9.70. The molecule has 5 heterocycles. The van der Waals surface area contributed by atoms with Gasteiger partial charge in [0.25, 0.3) is 12.3 Å². The Hall–Kier alpha value is -4.59. The second-order valence-electron chi connectivity index (χ2n) is 17.4. The second-order valence-corrected chi connectivity index (χ2v) is 17.4. The number of piperidine rings is 1. The van der Waals surface area contributed by atoms with Crippen LogP contribution < -0.4 is 15.5 Å². The summed E-state index contributed by atoms with van der Waals surface area (Å²) in [5.74, 6) is -2.65. The Labute approximate surface area is 318 Å². The Bertz CT molecular complexity index is 2230. The van der Waals surface area contributed by atoms with Crippen molar-refractivity contribution in [1.29, 1.82) is 0 Å². The fourth-order valence-electron chi connectivity index (χ4n) is 8.89. The minimum atomic E-state index is -2.79. The topological polar surface area (TPSA) is 108 Å². The van der Waals surface area contributed by atoms with Crippen molar-refractivity contribution in [2.75, 3.05) is 23.3 Å². The highest BCUT2D eigenvalue weighted by atomic mass is 19.3. The summed E-state index contributed by atoms with van der Waals surface area (Å²) in [6.07, 6.45) is 4.84. The first kappa shape index (κ1) is 37.3. The molecular formula is C41H48F4N8O2. The third-order valence-electron chi connectivity index (χ3n) is 12.5. The van der Waals surface area contributed by atoms with E-state index in [2.05, 4.69) is 34.4 Å². The van der Waals surface area contributed by atoms with Crippen LogP contribution in [-0.2, 0) is 10.2 Å². The number of anilines is 3. The largest absolute Gasteiger partial charge is 0.341 e. The molecule has 0 bridgehead atoms. The number of carbonyl (C=O) groups is 2. The summed E-state index contributed by atoms with van der Waals surface area (Å²) >= 11 is 0. The number of fused-ring (bicyclic) bond motifs is 2. The van der Waals surface area contributed by atoms with Gasteiger partial charge in [-0.15, -0.1) is 0 Å². The minimum absolute atomic E-state index is 0.00512. The van der Waals surface area contributed by atoms with Gasteiger partial charge in [0.1, 0.15) is 11.1 Å². The second kappa shape index (κ2) is 13.0. The predicted octanol–water partition coefficient (Wildman–Crippen LogP) is 8.21. The van der Waals surface area contributed by atoms with E-state index >= 15 is 8.78 Å². The lowest BCUT2D eigenvalue weighted by Gasteiger charge is -2.56. The number of halogens is 4. The van der Waals surface area contributed by atoms with Crippen molar-refractivity contribution < 1.29 is 27.2 Å². The van der Waals surface area contributed by atoms with Gasteiger partial charge >= 0.3 is 0 Å². The Morgan fingerprint density at radius 2 is 1.76 bits per heavy atom. The first-order chi connectivity index (χ1) is 25.9. The highest BCUT2D eigenvalue weighted by Crippen LogP contribution is 2.50. The first-order valence-corrected chi connectivity index (χ1v) is 19.3. The zero-order valence-corrected chi connectivity index (χ0v) is 32.4. The standard InChI is InChI=1S/C41H48F4N8O2/c1-21(2)52-20-47-29-15-27(48-35(33(29)52)49-28-14-26(23(4)31(42)32(28)43)36(54)50-41(10-11-41)37(44)45)24-13-30-34(46-18-24)39(5,6)38(55)53(30)25-16-40(7,17-25)51-12-8-9-22(3)19-51/h13-15,18,20-22,25,37H,8-12,16-17,19H2,1-7H3,(H,48,49)(H,50,54). The van der Waals surface area contributed by atoms with E-state index in [9.17, 15) is 18.4 Å². The zero-order chi connectivity index (χ0) is 39.4. The molecule has 10 nitrogen and oxygen atoms in total. The highest BCUT2D eigenvalue weighted by Gasteiger charge is 2.55. The number of pyridine rings is 2. The van der Waals surface area contributed by atoms with Crippen LogP contribution in [0, 0.1) is 24.5 Å². The number of nitrogens with zero attached hydrogens (tertiary/aromatic N) is 6. The molecule has 4 aromatic rings. The maximum atomic E-state index is 15.7. The number of amides is 2. The lowest BCUT2D eigenvalue weighted by molar-refractivity contribution is -0.124. The summed E-state index contributed by atoms with van der Waals surface area (Å²) in [4.78, 5) is 46.2. The molecule has 2 aliphatic carbocycles. The van der Waals surface area contributed by atoms with Crippen LogP contribution in [0.2, 0.25) is 0 Å². The summed E-state index contributed by atoms with van der Waals surface area (Å²) in [6.45, 7) is 15.7. The molecule has 1 aromatic carbocycles.